The van der Waals surface area contributed by atoms with Crippen molar-refractivity contribution in [2.75, 3.05) is 29.7 Å². The van der Waals surface area contributed by atoms with Crippen molar-refractivity contribution in [3.8, 4) is 0 Å². The molecule has 3 N–H and O–H groups in total. The number of thiazole rings is 1. The van der Waals surface area contributed by atoms with Crippen LogP contribution in [0.2, 0.25) is 14.4 Å². The summed E-state index contributed by atoms with van der Waals surface area (Å²) in [5.74, 6) is -0.977. The van der Waals surface area contributed by atoms with Crippen LogP contribution >= 0.6 is 46.1 Å². The van der Waals surface area contributed by atoms with Crippen LogP contribution in [0.4, 0.5) is 15.2 Å². The molecule has 1 saturated heterocycles. The Labute approximate surface area is 209 Å². The van der Waals surface area contributed by atoms with Gasteiger partial charge in [0, 0.05) is 18.1 Å². The number of nitrogens with one attached hydrogen (secondary N) is 3. The van der Waals surface area contributed by atoms with Gasteiger partial charge in [0.15, 0.2) is 5.13 Å². The molecular weight excluding hydrogens is 534 g/mol. The number of rotatable bonds is 7. The third-order valence-corrected chi connectivity index (χ3v) is 7.96. The second kappa shape index (κ2) is 10.3. The van der Waals surface area contributed by atoms with Crippen LogP contribution in [0.15, 0.2) is 47.5 Å². The predicted molar refractivity (Wildman–Crippen MR) is 130 cm³/mol. The van der Waals surface area contributed by atoms with Gasteiger partial charge in [-0.25, -0.2) is 17.8 Å². The highest BCUT2D eigenvalue weighted by molar-refractivity contribution is 7.93. The maximum absolute atomic E-state index is 15.0. The van der Waals surface area contributed by atoms with E-state index in [0.29, 0.717) is 22.5 Å². The number of nitrogens with zero attached hydrogens (tertiary/aromatic N) is 1. The number of ether oxygens (including phenoxy) is 1. The molecule has 2 atom stereocenters. The maximum atomic E-state index is 15.0. The molecule has 1 fully saturated rings. The molecule has 2 unspecified atom stereocenters. The molecule has 0 aliphatic carbocycles. The molecule has 0 bridgehead atoms. The summed E-state index contributed by atoms with van der Waals surface area (Å²) in [5.41, 5.74) is 1.07. The van der Waals surface area contributed by atoms with Crippen molar-refractivity contribution in [3.05, 3.63) is 68.4 Å². The molecule has 1 aromatic heterocycles. The standard InChI is InChI=1S/C20H18Cl3FN4O3S2/c21-12-3-1-11(2-4-12)19(16-9-25-5-6-31-16)27-15-8-14(24)17(7-13(15)22)33(29,30)28-20-26-10-18(23)32-20/h1-4,7-8,10,16,19,25,27H,5-6,9H2,(H,26,28). The average Bonchev–Trinajstić information content (AvgIpc) is 3.19. The van der Waals surface area contributed by atoms with Crippen molar-refractivity contribution >= 4 is 67.0 Å². The molecule has 2 heterocycles. The minimum atomic E-state index is -4.27. The fourth-order valence-corrected chi connectivity index (χ4v) is 5.89. The Morgan fingerprint density at radius 2 is 1.97 bits per heavy atom. The van der Waals surface area contributed by atoms with Crippen LogP contribution in [0, 0.1) is 5.82 Å². The Morgan fingerprint density at radius 3 is 2.61 bits per heavy atom. The van der Waals surface area contributed by atoms with Crippen molar-refractivity contribution in [2.24, 2.45) is 0 Å². The fraction of sp³-hybridized carbons (Fsp3) is 0.250. The lowest BCUT2D eigenvalue weighted by atomic mass is 10.00. The van der Waals surface area contributed by atoms with Gasteiger partial charge in [0.1, 0.15) is 15.0 Å². The zero-order chi connectivity index (χ0) is 23.6. The summed E-state index contributed by atoms with van der Waals surface area (Å²) in [5, 5.41) is 7.08. The molecule has 3 aromatic rings. The molecule has 176 valence electrons. The first-order valence-electron chi connectivity index (χ1n) is 9.70. The Balaban J connectivity index is 1.63. The van der Waals surface area contributed by atoms with Crippen LogP contribution < -0.4 is 15.4 Å². The number of hydrogen-bond acceptors (Lipinski definition) is 7. The first kappa shape index (κ1) is 24.5. The van der Waals surface area contributed by atoms with Gasteiger partial charge in [0.25, 0.3) is 10.0 Å². The third kappa shape index (κ3) is 5.89. The van der Waals surface area contributed by atoms with Crippen LogP contribution in [0.3, 0.4) is 0 Å². The molecule has 7 nitrogen and oxygen atoms in total. The number of anilines is 2. The summed E-state index contributed by atoms with van der Waals surface area (Å²) in [7, 11) is -4.27. The Kier molecular flexibility index (Phi) is 7.64. The van der Waals surface area contributed by atoms with Crippen LogP contribution in [-0.4, -0.2) is 39.2 Å². The number of aromatic nitrogens is 1. The lowest BCUT2D eigenvalue weighted by Gasteiger charge is -2.33. The van der Waals surface area contributed by atoms with Gasteiger partial charge in [-0.1, -0.05) is 58.3 Å². The smallest absolute Gasteiger partial charge is 0.266 e. The average molecular weight is 552 g/mol. The molecule has 1 aliphatic heterocycles. The van der Waals surface area contributed by atoms with E-state index in [4.69, 9.17) is 39.5 Å². The molecule has 0 radical (unpaired) electrons. The largest absolute Gasteiger partial charge is 0.374 e. The van der Waals surface area contributed by atoms with Crippen molar-refractivity contribution in [2.45, 2.75) is 17.0 Å². The van der Waals surface area contributed by atoms with Gasteiger partial charge in [0.2, 0.25) is 0 Å². The molecular formula is C20H18Cl3FN4O3S2. The van der Waals surface area contributed by atoms with E-state index in [1.807, 2.05) is 12.1 Å². The second-order valence-electron chi connectivity index (χ2n) is 7.12. The highest BCUT2D eigenvalue weighted by atomic mass is 35.5. The van der Waals surface area contributed by atoms with E-state index in [-0.39, 0.29) is 21.9 Å². The zero-order valence-electron chi connectivity index (χ0n) is 16.8. The molecule has 4 rings (SSSR count). The van der Waals surface area contributed by atoms with Gasteiger partial charge < -0.3 is 15.4 Å². The Bertz CT molecular complexity index is 1240. The molecule has 13 heteroatoms. The summed E-state index contributed by atoms with van der Waals surface area (Å²) in [6.07, 6.45) is 1.01. The van der Waals surface area contributed by atoms with E-state index in [1.165, 1.54) is 6.20 Å². The van der Waals surface area contributed by atoms with Crippen LogP contribution in [0.25, 0.3) is 0 Å². The molecule has 2 aromatic carbocycles. The minimum Gasteiger partial charge on any atom is -0.374 e. The second-order valence-corrected chi connectivity index (χ2v) is 11.3. The van der Waals surface area contributed by atoms with E-state index in [9.17, 15) is 12.8 Å². The highest BCUT2D eigenvalue weighted by Gasteiger charge is 2.28. The number of halogens is 4. The SMILES string of the molecule is O=S(=O)(Nc1ncc(Cl)s1)c1cc(Cl)c(NC(c2ccc(Cl)cc2)C2CNCCO2)cc1F. The Hall–Kier alpha value is -1.66. The normalized spacial score (nSPS) is 17.5. The highest BCUT2D eigenvalue weighted by Crippen LogP contribution is 2.34. The summed E-state index contributed by atoms with van der Waals surface area (Å²) in [4.78, 5) is 3.22. The topological polar surface area (TPSA) is 92.4 Å². The first-order valence-corrected chi connectivity index (χ1v) is 13.1. The van der Waals surface area contributed by atoms with Gasteiger partial charge in [0.05, 0.1) is 35.7 Å². The quantitative estimate of drug-likeness (QED) is 0.375. The van der Waals surface area contributed by atoms with Crippen molar-refractivity contribution < 1.29 is 17.5 Å². The van der Waals surface area contributed by atoms with Crippen LogP contribution in [-0.2, 0) is 14.8 Å². The minimum absolute atomic E-state index is 0.0162. The van der Waals surface area contributed by atoms with E-state index in [1.54, 1.807) is 12.1 Å². The Morgan fingerprint density at radius 1 is 1.21 bits per heavy atom. The number of hydrogen-bond donors (Lipinski definition) is 3. The lowest BCUT2D eigenvalue weighted by molar-refractivity contribution is 0.0164. The van der Waals surface area contributed by atoms with Gasteiger partial charge in [-0.05, 0) is 29.8 Å². The van der Waals surface area contributed by atoms with E-state index >= 15 is 0 Å². The van der Waals surface area contributed by atoms with E-state index in [2.05, 4.69) is 20.3 Å². The molecule has 0 saturated carbocycles. The molecule has 33 heavy (non-hydrogen) atoms. The molecule has 1 aliphatic rings. The maximum Gasteiger partial charge on any atom is 0.266 e. The van der Waals surface area contributed by atoms with Crippen LogP contribution in [0.5, 0.6) is 0 Å². The summed E-state index contributed by atoms with van der Waals surface area (Å²) < 4.78 is 48.7. The van der Waals surface area contributed by atoms with Crippen molar-refractivity contribution in [3.63, 3.8) is 0 Å². The monoisotopic (exact) mass is 550 g/mol. The van der Waals surface area contributed by atoms with E-state index in [0.717, 1.165) is 35.6 Å². The third-order valence-electron chi connectivity index (χ3n) is 4.88. The van der Waals surface area contributed by atoms with Gasteiger partial charge >= 0.3 is 0 Å². The number of sulfonamides is 1. The van der Waals surface area contributed by atoms with Crippen LogP contribution in [0.1, 0.15) is 11.6 Å². The number of benzene rings is 2. The lowest BCUT2D eigenvalue weighted by Crippen LogP contribution is -2.44. The summed E-state index contributed by atoms with van der Waals surface area (Å²) in [6, 6.07) is 8.87. The van der Waals surface area contributed by atoms with Crippen molar-refractivity contribution in [1.82, 2.24) is 10.3 Å². The molecule has 0 spiro atoms. The van der Waals surface area contributed by atoms with Crippen molar-refractivity contribution in [1.29, 1.82) is 0 Å². The van der Waals surface area contributed by atoms with E-state index < -0.39 is 26.8 Å². The predicted octanol–water partition coefficient (Wildman–Crippen LogP) is 5.18. The fourth-order valence-electron chi connectivity index (χ4n) is 3.35. The summed E-state index contributed by atoms with van der Waals surface area (Å²) >= 11 is 19.1. The van der Waals surface area contributed by atoms with Gasteiger partial charge in [-0.3, -0.25) is 4.72 Å². The van der Waals surface area contributed by atoms with Gasteiger partial charge in [-0.15, -0.1) is 0 Å². The zero-order valence-corrected chi connectivity index (χ0v) is 20.7. The summed E-state index contributed by atoms with van der Waals surface area (Å²) in [6.45, 7) is 1.80. The molecule has 0 amide bonds. The number of morpholine rings is 1. The first-order chi connectivity index (χ1) is 15.7. The van der Waals surface area contributed by atoms with Gasteiger partial charge in [-0.2, -0.15) is 0 Å².